The molecule has 0 radical (unpaired) electrons. The molecule has 3 rings (SSSR count). The molecule has 2 aromatic rings. The van der Waals surface area contributed by atoms with Gasteiger partial charge in [0, 0.05) is 30.9 Å². The lowest BCUT2D eigenvalue weighted by Crippen LogP contribution is -2.35. The second-order valence-electron chi connectivity index (χ2n) is 6.73. The van der Waals surface area contributed by atoms with Crippen molar-refractivity contribution in [3.8, 4) is 0 Å². The third kappa shape index (κ3) is 5.04. The maximum absolute atomic E-state index is 14.1. The first kappa shape index (κ1) is 18.8. The smallest absolute Gasteiger partial charge is 0.230 e. The first-order valence-electron chi connectivity index (χ1n) is 8.98. The number of thiazole rings is 1. The molecule has 0 aromatic carbocycles. The van der Waals surface area contributed by atoms with Crippen LogP contribution in [0.25, 0.3) is 0 Å². The third-order valence-electron chi connectivity index (χ3n) is 4.55. The van der Waals surface area contributed by atoms with Crippen molar-refractivity contribution >= 4 is 22.4 Å². The van der Waals surface area contributed by atoms with Gasteiger partial charge in [-0.1, -0.05) is 18.3 Å². The fourth-order valence-electron chi connectivity index (χ4n) is 3.27. The van der Waals surface area contributed by atoms with E-state index in [-0.39, 0.29) is 5.91 Å². The average Bonchev–Trinajstić information content (AvgIpc) is 2.94. The number of carbonyl (C=O) groups is 1. The van der Waals surface area contributed by atoms with Gasteiger partial charge in [-0.05, 0) is 44.7 Å². The Labute approximate surface area is 156 Å². The molecule has 0 saturated carbocycles. The molecule has 0 bridgehead atoms. The number of halogens is 1. The van der Waals surface area contributed by atoms with Crippen molar-refractivity contribution in [2.75, 3.05) is 18.4 Å². The second kappa shape index (κ2) is 8.64. The van der Waals surface area contributed by atoms with E-state index in [9.17, 15) is 9.18 Å². The summed E-state index contributed by atoms with van der Waals surface area (Å²) in [6.07, 6.45) is 5.14. The van der Waals surface area contributed by atoms with E-state index in [1.165, 1.54) is 11.3 Å². The van der Waals surface area contributed by atoms with Gasteiger partial charge in [0.05, 0.1) is 4.88 Å². The number of hydrogen-bond acceptors (Lipinski definition) is 6. The van der Waals surface area contributed by atoms with Gasteiger partial charge in [-0.3, -0.25) is 9.69 Å². The lowest BCUT2D eigenvalue weighted by molar-refractivity contribution is -0.115. The minimum absolute atomic E-state index is 0.150. The highest BCUT2D eigenvalue weighted by molar-refractivity contribution is 7.15. The zero-order valence-corrected chi connectivity index (χ0v) is 16.0. The van der Waals surface area contributed by atoms with Crippen LogP contribution in [-0.4, -0.2) is 38.8 Å². The highest BCUT2D eigenvalue weighted by Crippen LogP contribution is 2.27. The maximum atomic E-state index is 14.1. The first-order valence-corrected chi connectivity index (χ1v) is 9.80. The van der Waals surface area contributed by atoms with E-state index in [0.29, 0.717) is 28.9 Å². The molecule has 1 aliphatic heterocycles. The maximum Gasteiger partial charge on any atom is 0.230 e. The van der Waals surface area contributed by atoms with Crippen LogP contribution in [0.2, 0.25) is 0 Å². The van der Waals surface area contributed by atoms with E-state index in [4.69, 9.17) is 0 Å². The van der Waals surface area contributed by atoms with Gasteiger partial charge in [0.15, 0.2) is 5.13 Å². The van der Waals surface area contributed by atoms with Crippen LogP contribution in [-0.2, 0) is 17.8 Å². The summed E-state index contributed by atoms with van der Waals surface area (Å²) in [5.41, 5.74) is 2.05. The summed E-state index contributed by atoms with van der Waals surface area (Å²) in [6, 6.07) is 2.03. The summed E-state index contributed by atoms with van der Waals surface area (Å²) in [5.74, 6) is -0.119. The summed E-state index contributed by atoms with van der Waals surface area (Å²) in [4.78, 5) is 26.6. The monoisotopic (exact) mass is 377 g/mol. The number of hydrogen-bond donors (Lipinski definition) is 1. The lowest BCUT2D eigenvalue weighted by Gasteiger charge is -2.32. The molecular formula is C18H24FN5OS. The number of carbonyl (C=O) groups excluding carboxylic acids is 1. The van der Waals surface area contributed by atoms with Gasteiger partial charge in [-0.25, -0.2) is 9.97 Å². The van der Waals surface area contributed by atoms with Crippen LogP contribution in [0.4, 0.5) is 9.52 Å². The number of aryl methyl sites for hydroxylation is 1. The van der Waals surface area contributed by atoms with Crippen molar-refractivity contribution < 1.29 is 9.18 Å². The average molecular weight is 377 g/mol. The van der Waals surface area contributed by atoms with Crippen molar-refractivity contribution in [2.45, 2.75) is 46.1 Å². The molecule has 0 aliphatic carbocycles. The number of anilines is 1. The number of nitrogens with one attached hydrogen (secondary N) is 1. The van der Waals surface area contributed by atoms with Crippen LogP contribution in [0.15, 0.2) is 12.4 Å². The van der Waals surface area contributed by atoms with Crippen molar-refractivity contribution in [2.24, 2.45) is 5.92 Å². The molecule has 3 heterocycles. The molecule has 1 amide bonds. The van der Waals surface area contributed by atoms with E-state index in [2.05, 4.69) is 25.2 Å². The molecular weight excluding hydrogens is 353 g/mol. The molecule has 0 unspecified atom stereocenters. The highest BCUT2D eigenvalue weighted by atomic mass is 32.1. The summed E-state index contributed by atoms with van der Waals surface area (Å²) in [5, 5.41) is 2.97. The first-order chi connectivity index (χ1) is 12.5. The molecule has 8 heteroatoms. The topological polar surface area (TPSA) is 71.0 Å². The van der Waals surface area contributed by atoms with Crippen molar-refractivity contribution in [1.82, 2.24) is 19.9 Å². The number of likely N-dealkylation sites (tertiary alicyclic amines) is 1. The molecule has 1 fully saturated rings. The highest BCUT2D eigenvalue weighted by Gasteiger charge is 2.23. The van der Waals surface area contributed by atoms with Gasteiger partial charge < -0.3 is 5.32 Å². The summed E-state index contributed by atoms with van der Waals surface area (Å²) in [6.45, 7) is 6.13. The van der Waals surface area contributed by atoms with Crippen molar-refractivity contribution in [1.29, 1.82) is 0 Å². The summed E-state index contributed by atoms with van der Waals surface area (Å²) in [7, 11) is 0. The fraction of sp³-hybridized carbons (Fsp3) is 0.556. The SMILES string of the molecule is CCC(=O)Nc1nc(F)c(CN2CCC[C@H](Cc3cc(C)ncn3)C2)s1. The van der Waals surface area contributed by atoms with Gasteiger partial charge in [-0.15, -0.1) is 0 Å². The van der Waals surface area contributed by atoms with Gasteiger partial charge in [0.25, 0.3) is 0 Å². The van der Waals surface area contributed by atoms with E-state index < -0.39 is 5.95 Å². The predicted octanol–water partition coefficient (Wildman–Crippen LogP) is 3.18. The molecule has 140 valence electrons. The molecule has 1 N–H and O–H groups in total. The number of amides is 1. The fourth-order valence-corrected chi connectivity index (χ4v) is 4.17. The number of piperidine rings is 1. The van der Waals surface area contributed by atoms with E-state index in [0.717, 1.165) is 43.7 Å². The summed E-state index contributed by atoms with van der Waals surface area (Å²) >= 11 is 1.22. The number of aromatic nitrogens is 3. The Morgan fingerprint density at radius 2 is 2.31 bits per heavy atom. The van der Waals surface area contributed by atoms with E-state index >= 15 is 0 Å². The largest absolute Gasteiger partial charge is 0.302 e. The van der Waals surface area contributed by atoms with Crippen LogP contribution in [0.3, 0.4) is 0 Å². The van der Waals surface area contributed by atoms with Crippen LogP contribution < -0.4 is 5.32 Å². The Morgan fingerprint density at radius 1 is 1.46 bits per heavy atom. The van der Waals surface area contributed by atoms with Crippen LogP contribution >= 0.6 is 11.3 Å². The molecule has 0 spiro atoms. The molecule has 1 atom stereocenters. The molecule has 2 aromatic heterocycles. The Kier molecular flexibility index (Phi) is 6.26. The van der Waals surface area contributed by atoms with Crippen molar-refractivity contribution in [3.05, 3.63) is 34.6 Å². The Bertz CT molecular complexity index is 766. The summed E-state index contributed by atoms with van der Waals surface area (Å²) < 4.78 is 14.1. The third-order valence-corrected chi connectivity index (χ3v) is 5.48. The Balaban J connectivity index is 1.59. The number of nitrogens with zero attached hydrogens (tertiary/aromatic N) is 4. The van der Waals surface area contributed by atoms with E-state index in [1.54, 1.807) is 13.3 Å². The van der Waals surface area contributed by atoms with Crippen LogP contribution in [0, 0.1) is 18.8 Å². The normalized spacial score (nSPS) is 18.0. The Hall–Kier alpha value is -1.93. The molecule has 6 nitrogen and oxygen atoms in total. The van der Waals surface area contributed by atoms with Gasteiger partial charge in [0.1, 0.15) is 6.33 Å². The zero-order chi connectivity index (χ0) is 18.5. The minimum Gasteiger partial charge on any atom is -0.302 e. The van der Waals surface area contributed by atoms with Gasteiger partial charge in [-0.2, -0.15) is 9.37 Å². The molecule has 1 aliphatic rings. The second-order valence-corrected chi connectivity index (χ2v) is 7.82. The number of rotatable bonds is 6. The minimum atomic E-state index is -0.477. The zero-order valence-electron chi connectivity index (χ0n) is 15.2. The Morgan fingerprint density at radius 3 is 3.08 bits per heavy atom. The van der Waals surface area contributed by atoms with Gasteiger partial charge in [0.2, 0.25) is 11.9 Å². The predicted molar refractivity (Wildman–Crippen MR) is 99.5 cm³/mol. The quantitative estimate of drug-likeness (QED) is 0.837. The standard InChI is InChI=1S/C18H24FN5OS/c1-3-16(25)22-18-23-17(19)15(26-18)10-24-6-4-5-13(9-24)8-14-7-12(2)20-11-21-14/h7,11,13H,3-6,8-10H2,1-2H3,(H,22,23,25)/t13-/m1/s1. The molecule has 1 saturated heterocycles. The van der Waals surface area contributed by atoms with Crippen LogP contribution in [0.1, 0.15) is 42.5 Å². The molecule has 26 heavy (non-hydrogen) atoms. The van der Waals surface area contributed by atoms with Gasteiger partial charge >= 0.3 is 0 Å². The lowest BCUT2D eigenvalue weighted by atomic mass is 9.93. The van der Waals surface area contributed by atoms with E-state index in [1.807, 2.05) is 13.0 Å². The van der Waals surface area contributed by atoms with Crippen LogP contribution in [0.5, 0.6) is 0 Å². The van der Waals surface area contributed by atoms with Crippen molar-refractivity contribution in [3.63, 3.8) is 0 Å².